The summed E-state index contributed by atoms with van der Waals surface area (Å²) in [6.45, 7) is 9.26. The molecule has 214 valence electrons. The van der Waals surface area contributed by atoms with Gasteiger partial charge in [-0.2, -0.15) is 5.10 Å². The number of thioether (sulfide) groups is 1. The third kappa shape index (κ3) is 4.98. The van der Waals surface area contributed by atoms with Crippen molar-refractivity contribution in [1.82, 2.24) is 19.6 Å². The Hall–Kier alpha value is -3.47. The fraction of sp³-hybridized carbons (Fsp3) is 0.387. The number of hydrogen-bond acceptors (Lipinski definition) is 8. The van der Waals surface area contributed by atoms with Crippen molar-refractivity contribution in [3.63, 3.8) is 0 Å². The smallest absolute Gasteiger partial charge is 0.190 e. The molecule has 3 aromatic heterocycles. The van der Waals surface area contributed by atoms with Crippen molar-refractivity contribution in [2.75, 3.05) is 50.9 Å². The summed E-state index contributed by atoms with van der Waals surface area (Å²) in [5.41, 5.74) is 5.06. The lowest BCUT2D eigenvalue weighted by Crippen LogP contribution is -2.27. The second-order valence-electron chi connectivity index (χ2n) is 10.0. The van der Waals surface area contributed by atoms with E-state index in [0.29, 0.717) is 24.3 Å². The van der Waals surface area contributed by atoms with E-state index in [0.717, 1.165) is 86.9 Å². The molecule has 0 unspecified atom stereocenters. The topological polar surface area (TPSA) is 74.0 Å². The number of rotatable bonds is 8. The Morgan fingerprint density at radius 3 is 2.76 bits per heavy atom. The van der Waals surface area contributed by atoms with Crippen LogP contribution in [0.3, 0.4) is 0 Å². The molecule has 2 aromatic carbocycles. The van der Waals surface area contributed by atoms with E-state index in [1.165, 1.54) is 6.07 Å². The Balaban J connectivity index is 1.72. The summed E-state index contributed by atoms with van der Waals surface area (Å²) in [6.07, 6.45) is 3.28. The van der Waals surface area contributed by atoms with Crippen molar-refractivity contribution in [3.05, 3.63) is 53.5 Å². The summed E-state index contributed by atoms with van der Waals surface area (Å²) in [6, 6.07) is 9.24. The van der Waals surface area contributed by atoms with Gasteiger partial charge in [-0.1, -0.05) is 31.7 Å². The van der Waals surface area contributed by atoms with Gasteiger partial charge in [0.25, 0.3) is 0 Å². The van der Waals surface area contributed by atoms with Crippen LogP contribution >= 0.6 is 11.8 Å². The molecule has 0 radical (unpaired) electrons. The first kappa shape index (κ1) is 27.7. The van der Waals surface area contributed by atoms with Gasteiger partial charge in [-0.15, -0.1) is 0 Å². The molecule has 0 N–H and O–H groups in total. The van der Waals surface area contributed by atoms with E-state index in [1.807, 2.05) is 29.6 Å². The zero-order chi connectivity index (χ0) is 28.5. The fourth-order valence-electron chi connectivity index (χ4n) is 5.81. The molecule has 0 spiro atoms. The molecule has 1 aliphatic heterocycles. The van der Waals surface area contributed by atoms with Gasteiger partial charge in [0.05, 0.1) is 34.9 Å². The van der Waals surface area contributed by atoms with Crippen LogP contribution in [-0.4, -0.2) is 65.5 Å². The zero-order valence-electron chi connectivity index (χ0n) is 23.9. The lowest BCUT2D eigenvalue weighted by Gasteiger charge is -2.25. The number of hydrogen-bond donors (Lipinski definition) is 0. The van der Waals surface area contributed by atoms with Gasteiger partial charge in [-0.25, -0.2) is 18.9 Å². The van der Waals surface area contributed by atoms with E-state index >= 15 is 4.39 Å². The summed E-state index contributed by atoms with van der Waals surface area (Å²) in [7, 11) is 1.59. The summed E-state index contributed by atoms with van der Waals surface area (Å²) in [5.74, 6) is 2.17. The predicted octanol–water partition coefficient (Wildman–Crippen LogP) is 6.43. The number of anilines is 1. The quantitative estimate of drug-likeness (QED) is 0.119. The highest BCUT2D eigenvalue weighted by molar-refractivity contribution is 7.99. The van der Waals surface area contributed by atoms with Crippen LogP contribution in [0.1, 0.15) is 31.4 Å². The van der Waals surface area contributed by atoms with Gasteiger partial charge >= 0.3 is 0 Å². The van der Waals surface area contributed by atoms with E-state index in [9.17, 15) is 0 Å². The molecule has 1 fully saturated rings. The Labute approximate surface area is 242 Å². The number of ether oxygens (including phenoxy) is 3. The van der Waals surface area contributed by atoms with Gasteiger partial charge in [-0.05, 0) is 66.1 Å². The molecule has 10 heteroatoms. The number of halogens is 1. The van der Waals surface area contributed by atoms with Gasteiger partial charge < -0.3 is 19.1 Å². The highest BCUT2D eigenvalue weighted by atomic mass is 32.2. The number of aryl methyl sites for hydroxylation is 2. The largest absolute Gasteiger partial charge is 0.468 e. The maximum atomic E-state index is 15.2. The first-order valence-corrected chi connectivity index (χ1v) is 15.0. The van der Waals surface area contributed by atoms with E-state index < -0.39 is 0 Å². The Kier molecular flexibility index (Phi) is 7.96. The van der Waals surface area contributed by atoms with Crippen LogP contribution in [0.25, 0.3) is 38.4 Å². The van der Waals surface area contributed by atoms with E-state index in [4.69, 9.17) is 29.3 Å². The SMILES string of the molecule is CCSc1nc(N2CCCOCC2)c2c(n1)c(C)c(-c1cc(OCOC)cc3ccc(F)c(CC)c13)n1nccc21. The van der Waals surface area contributed by atoms with Crippen molar-refractivity contribution in [1.29, 1.82) is 0 Å². The van der Waals surface area contributed by atoms with Gasteiger partial charge in [0, 0.05) is 37.9 Å². The molecular formula is C31H34FN5O3S. The van der Waals surface area contributed by atoms with E-state index in [1.54, 1.807) is 31.1 Å². The van der Waals surface area contributed by atoms with Crippen molar-refractivity contribution in [2.45, 2.75) is 38.8 Å². The first-order valence-electron chi connectivity index (χ1n) is 14.1. The van der Waals surface area contributed by atoms with Crippen LogP contribution in [0, 0.1) is 12.7 Å². The van der Waals surface area contributed by atoms with Gasteiger partial charge in [0.15, 0.2) is 11.9 Å². The zero-order valence-corrected chi connectivity index (χ0v) is 24.7. The van der Waals surface area contributed by atoms with Crippen LogP contribution < -0.4 is 9.64 Å². The number of methoxy groups -OCH3 is 1. The lowest BCUT2D eigenvalue weighted by molar-refractivity contribution is 0.0512. The van der Waals surface area contributed by atoms with Crippen LogP contribution in [0.2, 0.25) is 0 Å². The van der Waals surface area contributed by atoms with Gasteiger partial charge in [0.2, 0.25) is 0 Å². The van der Waals surface area contributed by atoms with Crippen molar-refractivity contribution < 1.29 is 18.6 Å². The highest BCUT2D eigenvalue weighted by Gasteiger charge is 2.25. The average Bonchev–Trinajstić information content (AvgIpc) is 3.29. The van der Waals surface area contributed by atoms with E-state index in [2.05, 4.69) is 18.7 Å². The second kappa shape index (κ2) is 11.8. The first-order chi connectivity index (χ1) is 20.0. The fourth-order valence-corrected chi connectivity index (χ4v) is 6.37. The molecule has 1 saturated heterocycles. The molecule has 0 bridgehead atoms. The molecule has 1 aliphatic rings. The molecule has 6 rings (SSSR count). The minimum Gasteiger partial charge on any atom is -0.468 e. The van der Waals surface area contributed by atoms with Crippen LogP contribution in [0.4, 0.5) is 10.2 Å². The van der Waals surface area contributed by atoms with Crippen molar-refractivity contribution >= 4 is 44.8 Å². The summed E-state index contributed by atoms with van der Waals surface area (Å²) >= 11 is 1.63. The number of pyridine rings is 1. The monoisotopic (exact) mass is 575 g/mol. The third-order valence-electron chi connectivity index (χ3n) is 7.58. The molecule has 0 aliphatic carbocycles. The van der Waals surface area contributed by atoms with E-state index in [-0.39, 0.29) is 12.6 Å². The number of fused-ring (bicyclic) bond motifs is 4. The van der Waals surface area contributed by atoms with Crippen LogP contribution in [0.5, 0.6) is 5.75 Å². The highest BCUT2D eigenvalue weighted by Crippen LogP contribution is 2.42. The maximum absolute atomic E-state index is 15.2. The van der Waals surface area contributed by atoms with Crippen LogP contribution in [0.15, 0.2) is 41.7 Å². The van der Waals surface area contributed by atoms with Crippen molar-refractivity contribution in [3.8, 4) is 17.0 Å². The number of benzene rings is 2. The predicted molar refractivity (Wildman–Crippen MR) is 162 cm³/mol. The standard InChI is InChI=1S/C31H34FN5O3S/c1-5-22-24(32)9-8-20-16-21(40-18-38-4)17-23(26(20)22)29-19(3)28-27(25-10-11-33-37(25)29)30(35-31(34-28)41-6-2)36-12-7-14-39-15-13-36/h8-11,16-17H,5-7,12-15,18H2,1-4H3. The average molecular weight is 576 g/mol. The number of nitrogens with zero attached hydrogens (tertiary/aromatic N) is 5. The van der Waals surface area contributed by atoms with Gasteiger partial charge in [-0.3, -0.25) is 0 Å². The molecule has 4 heterocycles. The molecule has 0 atom stereocenters. The molecule has 8 nitrogen and oxygen atoms in total. The van der Waals surface area contributed by atoms with Crippen molar-refractivity contribution in [2.24, 2.45) is 0 Å². The normalized spacial score (nSPS) is 14.3. The Bertz CT molecular complexity index is 1730. The summed E-state index contributed by atoms with van der Waals surface area (Å²) in [4.78, 5) is 12.5. The second-order valence-corrected chi connectivity index (χ2v) is 11.3. The van der Waals surface area contributed by atoms with Crippen LogP contribution in [-0.2, 0) is 15.9 Å². The minimum atomic E-state index is -0.225. The third-order valence-corrected chi connectivity index (χ3v) is 8.31. The Morgan fingerprint density at radius 2 is 1.95 bits per heavy atom. The molecular weight excluding hydrogens is 541 g/mol. The lowest BCUT2D eigenvalue weighted by atomic mass is 9.92. The maximum Gasteiger partial charge on any atom is 0.190 e. The number of aromatic nitrogens is 4. The summed E-state index contributed by atoms with van der Waals surface area (Å²) in [5, 5.41) is 8.23. The van der Waals surface area contributed by atoms with Gasteiger partial charge in [0.1, 0.15) is 17.4 Å². The molecule has 5 aromatic rings. The molecule has 0 amide bonds. The molecule has 0 saturated carbocycles. The minimum absolute atomic E-state index is 0.106. The summed E-state index contributed by atoms with van der Waals surface area (Å²) < 4.78 is 34.1. The molecule has 41 heavy (non-hydrogen) atoms. The Morgan fingerprint density at radius 1 is 1.07 bits per heavy atom.